The number of thioether (sulfide) groups is 1. The van der Waals surface area contributed by atoms with Crippen molar-refractivity contribution in [3.63, 3.8) is 0 Å². The van der Waals surface area contributed by atoms with Crippen LogP contribution in [0.1, 0.15) is 18.9 Å². The second-order valence-electron chi connectivity index (χ2n) is 4.27. The van der Waals surface area contributed by atoms with Crippen molar-refractivity contribution >= 4 is 17.6 Å². The summed E-state index contributed by atoms with van der Waals surface area (Å²) < 4.78 is 10.9. The van der Waals surface area contributed by atoms with Crippen LogP contribution in [0.15, 0.2) is 5.16 Å². The Labute approximate surface area is 123 Å². The second-order valence-corrected chi connectivity index (χ2v) is 5.05. The van der Waals surface area contributed by atoms with Gasteiger partial charge in [-0.25, -0.2) is 4.98 Å². The molecule has 1 fully saturated rings. The highest BCUT2D eigenvalue weighted by Crippen LogP contribution is 2.28. The number of rotatable bonds is 5. The van der Waals surface area contributed by atoms with Gasteiger partial charge in [0, 0.05) is 13.1 Å². The van der Waals surface area contributed by atoms with Crippen LogP contribution in [-0.2, 0) is 4.74 Å². The molecule has 108 valence electrons. The fourth-order valence-corrected chi connectivity index (χ4v) is 2.26. The summed E-state index contributed by atoms with van der Waals surface area (Å²) in [4.78, 5) is 10.8. The van der Waals surface area contributed by atoms with Crippen LogP contribution < -0.4 is 9.64 Å². The van der Waals surface area contributed by atoms with Gasteiger partial charge in [0.05, 0.1) is 19.8 Å². The summed E-state index contributed by atoms with van der Waals surface area (Å²) in [6.07, 6.45) is 2.78. The molecule has 2 heterocycles. The number of ether oxygens (including phenoxy) is 2. The Kier molecular flexibility index (Phi) is 5.44. The normalized spacial score (nSPS) is 14.9. The van der Waals surface area contributed by atoms with Gasteiger partial charge in [0.15, 0.2) is 16.5 Å². The van der Waals surface area contributed by atoms with Gasteiger partial charge in [-0.1, -0.05) is 18.7 Å². The van der Waals surface area contributed by atoms with Crippen molar-refractivity contribution in [3.8, 4) is 11.9 Å². The third-order valence-electron chi connectivity index (χ3n) is 2.88. The van der Waals surface area contributed by atoms with E-state index >= 15 is 0 Å². The maximum Gasteiger partial charge on any atom is 0.238 e. The molecule has 7 heteroatoms. The maximum atomic E-state index is 9.42. The minimum atomic E-state index is 0.384. The first-order valence-electron chi connectivity index (χ1n) is 6.61. The summed E-state index contributed by atoms with van der Waals surface area (Å²) in [7, 11) is 0. The second kappa shape index (κ2) is 7.31. The van der Waals surface area contributed by atoms with Gasteiger partial charge >= 0.3 is 0 Å². The Morgan fingerprint density at radius 1 is 1.40 bits per heavy atom. The molecule has 1 aliphatic heterocycles. The molecular weight excluding hydrogens is 276 g/mol. The summed E-state index contributed by atoms with van der Waals surface area (Å²) in [6, 6.07) is 2.18. The highest BCUT2D eigenvalue weighted by atomic mass is 32.2. The molecule has 0 spiro atoms. The zero-order valence-electron chi connectivity index (χ0n) is 11.8. The highest BCUT2D eigenvalue weighted by molar-refractivity contribution is 7.98. The molecule has 0 N–H and O–H groups in total. The van der Waals surface area contributed by atoms with Crippen LogP contribution in [0, 0.1) is 11.3 Å². The molecule has 6 nitrogen and oxygen atoms in total. The molecule has 0 unspecified atom stereocenters. The minimum absolute atomic E-state index is 0.384. The SMILES string of the molecule is CCCOc1nc(SC)nc(N2CCOCC2)c1C#N. The fourth-order valence-electron chi connectivity index (χ4n) is 1.91. The van der Waals surface area contributed by atoms with Crippen LogP contribution in [0.2, 0.25) is 0 Å². The molecule has 0 bridgehead atoms. The van der Waals surface area contributed by atoms with Gasteiger partial charge in [-0.3, -0.25) is 0 Å². The first kappa shape index (κ1) is 14.9. The quantitative estimate of drug-likeness (QED) is 0.604. The summed E-state index contributed by atoms with van der Waals surface area (Å²) in [5.74, 6) is 1.04. The Bertz CT molecular complexity index is 498. The first-order chi connectivity index (χ1) is 9.80. The first-order valence-corrected chi connectivity index (χ1v) is 7.84. The predicted molar refractivity (Wildman–Crippen MR) is 77.3 cm³/mol. The van der Waals surface area contributed by atoms with E-state index in [1.54, 1.807) is 0 Å². The van der Waals surface area contributed by atoms with Crippen LogP contribution in [0.5, 0.6) is 5.88 Å². The third-order valence-corrected chi connectivity index (χ3v) is 3.43. The summed E-state index contributed by atoms with van der Waals surface area (Å²) in [5.41, 5.74) is 0.415. The van der Waals surface area contributed by atoms with Gasteiger partial charge in [-0.15, -0.1) is 0 Å². The molecule has 1 aliphatic rings. The van der Waals surface area contributed by atoms with Gasteiger partial charge in [-0.05, 0) is 12.7 Å². The smallest absolute Gasteiger partial charge is 0.238 e. The Balaban J connectivity index is 2.39. The highest BCUT2D eigenvalue weighted by Gasteiger charge is 2.22. The van der Waals surface area contributed by atoms with Crippen molar-refractivity contribution in [2.24, 2.45) is 0 Å². The van der Waals surface area contributed by atoms with E-state index in [-0.39, 0.29) is 0 Å². The summed E-state index contributed by atoms with van der Waals surface area (Å²) in [6.45, 7) is 5.32. The van der Waals surface area contributed by atoms with E-state index in [1.165, 1.54) is 11.8 Å². The molecule has 0 atom stereocenters. The van der Waals surface area contributed by atoms with Gasteiger partial charge in [0.25, 0.3) is 0 Å². The van der Waals surface area contributed by atoms with Crippen molar-refractivity contribution in [1.29, 1.82) is 5.26 Å². The van der Waals surface area contributed by atoms with E-state index in [0.29, 0.717) is 42.2 Å². The lowest BCUT2D eigenvalue weighted by Gasteiger charge is -2.28. The average Bonchev–Trinajstić information content (AvgIpc) is 2.52. The monoisotopic (exact) mass is 294 g/mol. The Morgan fingerprint density at radius 3 is 2.75 bits per heavy atom. The third kappa shape index (κ3) is 3.32. The Hall–Kier alpha value is -1.52. The minimum Gasteiger partial charge on any atom is -0.477 e. The number of nitrogens with zero attached hydrogens (tertiary/aromatic N) is 4. The summed E-state index contributed by atoms with van der Waals surface area (Å²) in [5, 5.41) is 10.0. The van der Waals surface area contributed by atoms with Crippen LogP contribution in [0.4, 0.5) is 5.82 Å². The van der Waals surface area contributed by atoms with Crippen LogP contribution >= 0.6 is 11.8 Å². The zero-order chi connectivity index (χ0) is 14.4. The fraction of sp³-hybridized carbons (Fsp3) is 0.615. The average molecular weight is 294 g/mol. The zero-order valence-corrected chi connectivity index (χ0v) is 12.6. The molecule has 0 aliphatic carbocycles. The van der Waals surface area contributed by atoms with E-state index < -0.39 is 0 Å². The predicted octanol–water partition coefficient (Wildman–Crippen LogP) is 1.70. The van der Waals surface area contributed by atoms with Gasteiger partial charge in [0.2, 0.25) is 5.88 Å². The molecule has 1 aromatic heterocycles. The number of hydrogen-bond donors (Lipinski definition) is 0. The topological polar surface area (TPSA) is 71.3 Å². The molecule has 1 saturated heterocycles. The van der Waals surface area contributed by atoms with Crippen molar-refractivity contribution in [2.75, 3.05) is 44.1 Å². The molecule has 2 rings (SSSR count). The summed E-state index contributed by atoms with van der Waals surface area (Å²) >= 11 is 1.44. The van der Waals surface area contributed by atoms with Crippen LogP contribution in [0.25, 0.3) is 0 Å². The molecular formula is C13H18N4O2S. The van der Waals surface area contributed by atoms with Crippen molar-refractivity contribution in [3.05, 3.63) is 5.56 Å². The Morgan fingerprint density at radius 2 is 2.15 bits per heavy atom. The molecule has 0 amide bonds. The lowest BCUT2D eigenvalue weighted by molar-refractivity contribution is 0.122. The lowest BCUT2D eigenvalue weighted by atomic mass is 10.2. The number of aromatic nitrogens is 2. The van der Waals surface area contributed by atoms with E-state index in [4.69, 9.17) is 9.47 Å². The van der Waals surface area contributed by atoms with E-state index in [2.05, 4.69) is 20.9 Å². The molecule has 20 heavy (non-hydrogen) atoms. The number of anilines is 1. The van der Waals surface area contributed by atoms with Gasteiger partial charge < -0.3 is 14.4 Å². The van der Waals surface area contributed by atoms with Gasteiger partial charge in [0.1, 0.15) is 6.07 Å². The van der Waals surface area contributed by atoms with E-state index in [0.717, 1.165) is 19.5 Å². The molecule has 0 aromatic carbocycles. The molecule has 0 radical (unpaired) electrons. The lowest BCUT2D eigenvalue weighted by Crippen LogP contribution is -2.37. The number of hydrogen-bond acceptors (Lipinski definition) is 7. The van der Waals surface area contributed by atoms with E-state index in [1.807, 2.05) is 13.2 Å². The van der Waals surface area contributed by atoms with Crippen LogP contribution in [-0.4, -0.2) is 49.1 Å². The number of nitriles is 1. The molecule has 0 saturated carbocycles. The largest absolute Gasteiger partial charge is 0.477 e. The van der Waals surface area contributed by atoms with Crippen LogP contribution in [0.3, 0.4) is 0 Å². The maximum absolute atomic E-state index is 9.42. The standard InChI is InChI=1S/C13H18N4O2S/c1-3-6-19-12-10(9-14)11(15-13(16-12)20-2)17-4-7-18-8-5-17/h3-8H2,1-2H3. The molecule has 1 aromatic rings. The van der Waals surface area contributed by atoms with Crippen molar-refractivity contribution in [1.82, 2.24) is 9.97 Å². The van der Waals surface area contributed by atoms with Crippen molar-refractivity contribution < 1.29 is 9.47 Å². The van der Waals surface area contributed by atoms with Gasteiger partial charge in [-0.2, -0.15) is 10.2 Å². The van der Waals surface area contributed by atoms with E-state index in [9.17, 15) is 5.26 Å². The number of morpholine rings is 1. The van der Waals surface area contributed by atoms with Crippen molar-refractivity contribution in [2.45, 2.75) is 18.5 Å².